The molecule has 0 aromatic carbocycles. The standard InChI is InChI=1S/C10H16N2/c1-10(2,3)12-6-8-4-11-5-9(8)7-12/h4-5,11H,6-7H2,1-3H3. The summed E-state index contributed by atoms with van der Waals surface area (Å²) in [5, 5.41) is 0. The number of rotatable bonds is 0. The monoisotopic (exact) mass is 164 g/mol. The Bertz CT molecular complexity index is 260. The number of aromatic amines is 1. The van der Waals surface area contributed by atoms with Crippen LogP contribution in [-0.4, -0.2) is 15.4 Å². The molecule has 0 saturated heterocycles. The lowest BCUT2D eigenvalue weighted by Crippen LogP contribution is -2.36. The lowest BCUT2D eigenvalue weighted by atomic mass is 10.1. The van der Waals surface area contributed by atoms with Crippen molar-refractivity contribution in [1.82, 2.24) is 9.88 Å². The average molecular weight is 164 g/mol. The van der Waals surface area contributed by atoms with Crippen molar-refractivity contribution in [2.45, 2.75) is 39.4 Å². The van der Waals surface area contributed by atoms with Crippen LogP contribution in [0.2, 0.25) is 0 Å². The number of fused-ring (bicyclic) bond motifs is 1. The van der Waals surface area contributed by atoms with Crippen LogP contribution in [0.1, 0.15) is 31.9 Å². The molecular formula is C10H16N2. The van der Waals surface area contributed by atoms with E-state index in [1.165, 1.54) is 11.1 Å². The summed E-state index contributed by atoms with van der Waals surface area (Å²) in [7, 11) is 0. The Hall–Kier alpha value is -0.760. The molecule has 0 amide bonds. The highest BCUT2D eigenvalue weighted by molar-refractivity contribution is 5.27. The highest BCUT2D eigenvalue weighted by Crippen LogP contribution is 2.28. The summed E-state index contributed by atoms with van der Waals surface area (Å²) >= 11 is 0. The van der Waals surface area contributed by atoms with E-state index in [1.807, 2.05) is 0 Å². The minimum absolute atomic E-state index is 0.298. The second-order valence-electron chi connectivity index (χ2n) is 4.53. The van der Waals surface area contributed by atoms with Gasteiger partial charge in [0.05, 0.1) is 0 Å². The zero-order valence-corrected chi connectivity index (χ0v) is 8.02. The van der Waals surface area contributed by atoms with E-state index in [0.29, 0.717) is 5.54 Å². The molecule has 1 aliphatic rings. The van der Waals surface area contributed by atoms with Crippen molar-refractivity contribution in [3.8, 4) is 0 Å². The Morgan fingerprint density at radius 2 is 1.67 bits per heavy atom. The SMILES string of the molecule is CC(C)(C)N1Cc2c[nH]cc2C1. The van der Waals surface area contributed by atoms with Crippen LogP contribution in [0.15, 0.2) is 12.4 Å². The van der Waals surface area contributed by atoms with Crippen molar-refractivity contribution < 1.29 is 0 Å². The van der Waals surface area contributed by atoms with Crippen LogP contribution in [0.3, 0.4) is 0 Å². The van der Waals surface area contributed by atoms with Gasteiger partial charge in [0.15, 0.2) is 0 Å². The van der Waals surface area contributed by atoms with Crippen molar-refractivity contribution in [1.29, 1.82) is 0 Å². The smallest absolute Gasteiger partial charge is 0.0260 e. The van der Waals surface area contributed by atoms with Crippen molar-refractivity contribution in [2.24, 2.45) is 0 Å². The maximum Gasteiger partial charge on any atom is 0.0260 e. The normalized spacial score (nSPS) is 18.2. The quantitative estimate of drug-likeness (QED) is 0.622. The zero-order valence-electron chi connectivity index (χ0n) is 8.02. The first kappa shape index (κ1) is 7.87. The minimum Gasteiger partial charge on any atom is -0.367 e. The van der Waals surface area contributed by atoms with Gasteiger partial charge in [-0.15, -0.1) is 0 Å². The summed E-state index contributed by atoms with van der Waals surface area (Å²) < 4.78 is 0. The largest absolute Gasteiger partial charge is 0.367 e. The molecule has 12 heavy (non-hydrogen) atoms. The second-order valence-corrected chi connectivity index (χ2v) is 4.53. The van der Waals surface area contributed by atoms with Crippen LogP contribution in [-0.2, 0) is 13.1 Å². The van der Waals surface area contributed by atoms with Gasteiger partial charge < -0.3 is 4.98 Å². The summed E-state index contributed by atoms with van der Waals surface area (Å²) in [6.45, 7) is 9.00. The van der Waals surface area contributed by atoms with E-state index < -0.39 is 0 Å². The van der Waals surface area contributed by atoms with E-state index in [4.69, 9.17) is 0 Å². The third-order valence-corrected chi connectivity index (χ3v) is 2.60. The van der Waals surface area contributed by atoms with Gasteiger partial charge in [0, 0.05) is 31.0 Å². The molecule has 1 N–H and O–H groups in total. The van der Waals surface area contributed by atoms with Gasteiger partial charge in [-0.05, 0) is 31.9 Å². The lowest BCUT2D eigenvalue weighted by molar-refractivity contribution is 0.136. The lowest BCUT2D eigenvalue weighted by Gasteiger charge is -2.31. The third-order valence-electron chi connectivity index (χ3n) is 2.60. The van der Waals surface area contributed by atoms with Gasteiger partial charge in [0.1, 0.15) is 0 Å². The van der Waals surface area contributed by atoms with Gasteiger partial charge in [0.25, 0.3) is 0 Å². The Kier molecular flexibility index (Phi) is 1.55. The Labute approximate surface area is 73.6 Å². The van der Waals surface area contributed by atoms with E-state index in [0.717, 1.165) is 13.1 Å². The first-order valence-electron chi connectivity index (χ1n) is 4.47. The van der Waals surface area contributed by atoms with E-state index in [9.17, 15) is 0 Å². The van der Waals surface area contributed by atoms with Crippen LogP contribution in [0.5, 0.6) is 0 Å². The number of nitrogens with one attached hydrogen (secondary N) is 1. The average Bonchev–Trinajstić information content (AvgIpc) is 2.37. The molecule has 0 fully saturated rings. The summed E-state index contributed by atoms with van der Waals surface area (Å²) in [5.41, 5.74) is 3.22. The molecule has 0 unspecified atom stereocenters. The summed E-state index contributed by atoms with van der Waals surface area (Å²) in [6.07, 6.45) is 4.22. The van der Waals surface area contributed by atoms with Crippen LogP contribution < -0.4 is 0 Å². The number of nitrogens with zero attached hydrogens (tertiary/aromatic N) is 1. The molecular weight excluding hydrogens is 148 g/mol. The van der Waals surface area contributed by atoms with E-state index in [2.05, 4.69) is 43.0 Å². The maximum absolute atomic E-state index is 3.15. The molecule has 0 bridgehead atoms. The van der Waals surface area contributed by atoms with Gasteiger partial charge in [-0.25, -0.2) is 0 Å². The molecule has 2 nitrogen and oxygen atoms in total. The maximum atomic E-state index is 3.15. The molecule has 0 spiro atoms. The third kappa shape index (κ3) is 1.16. The molecule has 0 aliphatic carbocycles. The van der Waals surface area contributed by atoms with Gasteiger partial charge >= 0.3 is 0 Å². The molecule has 1 aromatic heterocycles. The molecule has 2 rings (SSSR count). The minimum atomic E-state index is 0.298. The summed E-state index contributed by atoms with van der Waals surface area (Å²) in [6, 6.07) is 0. The highest BCUT2D eigenvalue weighted by atomic mass is 15.2. The molecule has 0 radical (unpaired) electrons. The van der Waals surface area contributed by atoms with Gasteiger partial charge in [-0.2, -0.15) is 0 Å². The van der Waals surface area contributed by atoms with Gasteiger partial charge in [-0.1, -0.05) is 0 Å². The predicted molar refractivity (Wildman–Crippen MR) is 49.8 cm³/mol. The van der Waals surface area contributed by atoms with Crippen molar-refractivity contribution in [2.75, 3.05) is 0 Å². The number of H-pyrrole nitrogens is 1. The van der Waals surface area contributed by atoms with E-state index in [-0.39, 0.29) is 0 Å². The molecule has 1 aromatic rings. The van der Waals surface area contributed by atoms with E-state index >= 15 is 0 Å². The Balaban J connectivity index is 2.18. The number of hydrogen-bond acceptors (Lipinski definition) is 1. The van der Waals surface area contributed by atoms with Gasteiger partial charge in [0.2, 0.25) is 0 Å². The Morgan fingerprint density at radius 3 is 2.08 bits per heavy atom. The van der Waals surface area contributed by atoms with E-state index in [1.54, 1.807) is 0 Å². The molecule has 0 saturated carbocycles. The molecule has 0 atom stereocenters. The van der Waals surface area contributed by atoms with Crippen molar-refractivity contribution in [3.05, 3.63) is 23.5 Å². The molecule has 66 valence electrons. The molecule has 2 heterocycles. The first-order chi connectivity index (χ1) is 5.57. The number of aromatic nitrogens is 1. The fourth-order valence-electron chi connectivity index (χ4n) is 1.66. The molecule has 2 heteroatoms. The van der Waals surface area contributed by atoms with Crippen LogP contribution in [0.25, 0.3) is 0 Å². The fourth-order valence-corrected chi connectivity index (χ4v) is 1.66. The van der Waals surface area contributed by atoms with Gasteiger partial charge in [-0.3, -0.25) is 4.90 Å². The van der Waals surface area contributed by atoms with Crippen molar-refractivity contribution >= 4 is 0 Å². The van der Waals surface area contributed by atoms with Crippen LogP contribution in [0, 0.1) is 0 Å². The first-order valence-corrected chi connectivity index (χ1v) is 4.47. The zero-order chi connectivity index (χ0) is 8.77. The van der Waals surface area contributed by atoms with Crippen molar-refractivity contribution in [3.63, 3.8) is 0 Å². The Morgan fingerprint density at radius 1 is 1.17 bits per heavy atom. The number of hydrogen-bond donors (Lipinski definition) is 1. The molecule has 1 aliphatic heterocycles. The summed E-state index contributed by atoms with van der Waals surface area (Å²) in [5.74, 6) is 0. The summed E-state index contributed by atoms with van der Waals surface area (Å²) in [4.78, 5) is 5.64. The topological polar surface area (TPSA) is 19.0 Å². The fraction of sp³-hybridized carbons (Fsp3) is 0.600. The van der Waals surface area contributed by atoms with Crippen LogP contribution in [0.4, 0.5) is 0 Å². The van der Waals surface area contributed by atoms with Crippen LogP contribution >= 0.6 is 0 Å². The second kappa shape index (κ2) is 2.36. The highest BCUT2D eigenvalue weighted by Gasteiger charge is 2.27. The predicted octanol–water partition coefficient (Wildman–Crippen LogP) is 2.13.